The molecule has 9 nitrogen and oxygen atoms in total. The van der Waals surface area contributed by atoms with Crippen molar-refractivity contribution in [2.75, 3.05) is 44.3 Å². The molecule has 4 aromatic rings. The van der Waals surface area contributed by atoms with Gasteiger partial charge in [-0.2, -0.15) is 9.97 Å². The lowest BCUT2D eigenvalue weighted by atomic mass is 9.95. The molecule has 50 heavy (non-hydrogen) atoms. The number of hydrogen-bond donors (Lipinski definition) is 2. The van der Waals surface area contributed by atoms with Gasteiger partial charge in [-0.3, -0.25) is 14.6 Å². The van der Waals surface area contributed by atoms with Gasteiger partial charge in [0, 0.05) is 49.2 Å². The Morgan fingerprint density at radius 3 is 2.76 bits per heavy atom. The Labute approximate surface area is 282 Å². The van der Waals surface area contributed by atoms with Gasteiger partial charge in [0.05, 0.1) is 28.6 Å². The van der Waals surface area contributed by atoms with E-state index in [0.29, 0.717) is 37.7 Å². The lowest BCUT2D eigenvalue weighted by molar-refractivity contribution is -0.329. The first kappa shape index (κ1) is 32.8. The van der Waals surface area contributed by atoms with Crippen LogP contribution in [0.3, 0.4) is 0 Å². The average molecular weight is 699 g/mol. The molecule has 4 saturated heterocycles. The van der Waals surface area contributed by atoms with Crippen molar-refractivity contribution in [3.8, 4) is 35.4 Å². The minimum Gasteiger partial charge on any atom is -0.508 e. The van der Waals surface area contributed by atoms with E-state index in [-0.39, 0.29) is 76.3 Å². The topological polar surface area (TPSA) is 95.9 Å². The number of nitrogens with zero attached hydrogens (tertiary/aromatic N) is 5. The third-order valence-electron chi connectivity index (χ3n) is 10.6. The van der Waals surface area contributed by atoms with Crippen LogP contribution in [0.5, 0.6) is 11.8 Å². The van der Waals surface area contributed by atoms with Gasteiger partial charge < -0.3 is 20.1 Å². The molecule has 4 fully saturated rings. The number of benzene rings is 2. The quantitative estimate of drug-likeness (QED) is 0.189. The fraction of sp³-hybridized carbons (Fsp3) is 0.457. The van der Waals surface area contributed by atoms with Crippen LogP contribution < -0.4 is 15.0 Å². The summed E-state index contributed by atoms with van der Waals surface area (Å²) in [6.07, 6.45) is 3.99. The highest BCUT2D eigenvalue weighted by molar-refractivity contribution is 6.03. The Morgan fingerprint density at radius 2 is 1.96 bits per heavy atom. The standard InChI is InChI=1S/C35H32F6N6O3/c1-2-23-26(37)5-4-19-10-22(48)11-24(27(19)23)29-28(38)30-25(13-42-29)31(46-15-21-6-8-33(16-46,45-21)17-50-35(39,40)41)44-32(43-30)49-18-34-7-3-9-47(34)14-20(36)12-34/h1,4-5,10-11,13,20-21,45,48H,3,6-9,12,14-18H2/t20-,21+,33-,34+/m1/s1. The van der Waals surface area contributed by atoms with Crippen LogP contribution in [0.1, 0.15) is 37.7 Å². The summed E-state index contributed by atoms with van der Waals surface area (Å²) in [7, 11) is 0. The fourth-order valence-corrected chi connectivity index (χ4v) is 8.44. The van der Waals surface area contributed by atoms with Crippen LogP contribution in [-0.2, 0) is 4.74 Å². The molecule has 2 bridgehead atoms. The Kier molecular flexibility index (Phi) is 7.77. The Bertz CT molecular complexity index is 2060. The summed E-state index contributed by atoms with van der Waals surface area (Å²) in [4.78, 5) is 17.3. The van der Waals surface area contributed by atoms with E-state index in [2.05, 4.69) is 35.8 Å². The number of ether oxygens (including phenoxy) is 2. The molecule has 4 aliphatic heterocycles. The zero-order valence-corrected chi connectivity index (χ0v) is 26.7. The second-order valence-electron chi connectivity index (χ2n) is 13.8. The van der Waals surface area contributed by atoms with Crippen LogP contribution >= 0.6 is 0 Å². The fourth-order valence-electron chi connectivity index (χ4n) is 8.44. The van der Waals surface area contributed by atoms with E-state index in [1.807, 2.05) is 0 Å². The lowest BCUT2D eigenvalue weighted by Gasteiger charge is -2.42. The molecular weight excluding hydrogens is 666 g/mol. The molecule has 0 amide bonds. The SMILES string of the molecule is C#Cc1c(F)ccc2cc(O)cc(-c3ncc4c(N5C[C@@H]6CC[C@](COC(F)(F)F)(C5)N6)nc(OC[C@@]56CCCN5C[C@H](F)C6)nc4c3F)c12. The van der Waals surface area contributed by atoms with E-state index in [4.69, 9.17) is 11.2 Å². The highest BCUT2D eigenvalue weighted by atomic mass is 19.4. The normalized spacial score (nSPS) is 26.5. The summed E-state index contributed by atoms with van der Waals surface area (Å²) in [5, 5.41) is 14.5. The number of rotatable bonds is 7. The number of aromatic hydroxyl groups is 1. The Balaban J connectivity index is 1.25. The first-order valence-electron chi connectivity index (χ1n) is 16.4. The molecule has 0 unspecified atom stereocenters. The smallest absolute Gasteiger partial charge is 0.508 e. The number of alkyl halides is 4. The minimum atomic E-state index is -4.83. The van der Waals surface area contributed by atoms with Crippen molar-refractivity contribution < 1.29 is 40.9 Å². The third-order valence-corrected chi connectivity index (χ3v) is 10.6. The van der Waals surface area contributed by atoms with Crippen molar-refractivity contribution in [3.05, 3.63) is 47.7 Å². The van der Waals surface area contributed by atoms with Gasteiger partial charge in [-0.25, -0.2) is 13.2 Å². The number of halogens is 6. The molecule has 6 heterocycles. The molecule has 0 radical (unpaired) electrons. The number of hydrogen-bond acceptors (Lipinski definition) is 9. The third kappa shape index (κ3) is 5.63. The molecule has 0 aliphatic carbocycles. The molecule has 4 atom stereocenters. The predicted octanol–water partition coefficient (Wildman–Crippen LogP) is 5.61. The van der Waals surface area contributed by atoms with Crippen molar-refractivity contribution in [2.24, 2.45) is 0 Å². The molecular formula is C35H32F6N6O3. The van der Waals surface area contributed by atoms with E-state index in [0.717, 1.165) is 19.0 Å². The highest BCUT2D eigenvalue weighted by Gasteiger charge is 2.50. The largest absolute Gasteiger partial charge is 0.522 e. The number of phenolic OH excluding ortho intramolecular Hbond substituents is 1. The minimum absolute atomic E-state index is 0.0263. The number of nitrogens with one attached hydrogen (secondary N) is 1. The molecule has 4 aliphatic rings. The zero-order valence-electron chi connectivity index (χ0n) is 26.7. The zero-order chi connectivity index (χ0) is 35.0. The van der Waals surface area contributed by atoms with E-state index >= 15 is 4.39 Å². The molecule has 0 saturated carbocycles. The van der Waals surface area contributed by atoms with Gasteiger partial charge in [0.15, 0.2) is 5.82 Å². The van der Waals surface area contributed by atoms with Crippen LogP contribution in [0.2, 0.25) is 0 Å². The summed E-state index contributed by atoms with van der Waals surface area (Å²) in [5.41, 5.74) is -2.23. The van der Waals surface area contributed by atoms with Gasteiger partial charge in [0.25, 0.3) is 0 Å². The van der Waals surface area contributed by atoms with Crippen LogP contribution in [0, 0.1) is 24.0 Å². The van der Waals surface area contributed by atoms with Crippen molar-refractivity contribution in [1.29, 1.82) is 0 Å². The number of fused-ring (bicyclic) bond motifs is 5. The van der Waals surface area contributed by atoms with Gasteiger partial charge in [0.2, 0.25) is 0 Å². The lowest BCUT2D eigenvalue weighted by Crippen LogP contribution is -2.62. The van der Waals surface area contributed by atoms with E-state index in [1.165, 1.54) is 24.4 Å². The van der Waals surface area contributed by atoms with Crippen molar-refractivity contribution in [2.45, 2.75) is 61.8 Å². The summed E-state index contributed by atoms with van der Waals surface area (Å²) < 4.78 is 96.1. The summed E-state index contributed by atoms with van der Waals surface area (Å²) in [6, 6.07) is 4.77. The van der Waals surface area contributed by atoms with Crippen molar-refractivity contribution in [3.63, 3.8) is 0 Å². The number of anilines is 1. The first-order chi connectivity index (χ1) is 23.9. The second kappa shape index (κ2) is 11.9. The maximum absolute atomic E-state index is 16.9. The number of aromatic nitrogens is 3. The Hall–Kier alpha value is -4.39. The molecule has 0 spiro atoms. The number of phenols is 1. The molecule has 2 aromatic carbocycles. The number of piperazine rings is 1. The molecule has 8 rings (SSSR count). The molecule has 262 valence electrons. The molecule has 2 aromatic heterocycles. The average Bonchev–Trinajstić information content (AvgIpc) is 3.71. The maximum atomic E-state index is 16.9. The monoisotopic (exact) mass is 698 g/mol. The summed E-state index contributed by atoms with van der Waals surface area (Å²) in [5.74, 6) is 0.619. The summed E-state index contributed by atoms with van der Waals surface area (Å²) >= 11 is 0. The molecule has 15 heteroatoms. The van der Waals surface area contributed by atoms with Gasteiger partial charge in [-0.05, 0) is 55.8 Å². The van der Waals surface area contributed by atoms with Crippen LogP contribution in [0.25, 0.3) is 32.9 Å². The highest BCUT2D eigenvalue weighted by Crippen LogP contribution is 2.43. The van der Waals surface area contributed by atoms with E-state index < -0.39 is 41.9 Å². The second-order valence-corrected chi connectivity index (χ2v) is 13.8. The van der Waals surface area contributed by atoms with Gasteiger partial charge in [0.1, 0.15) is 41.4 Å². The van der Waals surface area contributed by atoms with E-state index in [1.54, 1.807) is 4.90 Å². The van der Waals surface area contributed by atoms with Gasteiger partial charge in [-0.1, -0.05) is 12.0 Å². The van der Waals surface area contributed by atoms with E-state index in [9.17, 15) is 27.1 Å². The summed E-state index contributed by atoms with van der Waals surface area (Å²) in [6.45, 7) is 0.823. The van der Waals surface area contributed by atoms with Crippen molar-refractivity contribution in [1.82, 2.24) is 25.2 Å². The van der Waals surface area contributed by atoms with Gasteiger partial charge in [-0.15, -0.1) is 19.6 Å². The Morgan fingerprint density at radius 1 is 1.12 bits per heavy atom. The van der Waals surface area contributed by atoms with Crippen LogP contribution in [0.4, 0.5) is 32.2 Å². The number of pyridine rings is 1. The molecule has 2 N–H and O–H groups in total. The number of terminal acetylenes is 1. The first-order valence-corrected chi connectivity index (χ1v) is 16.4. The maximum Gasteiger partial charge on any atom is 0.522 e. The predicted molar refractivity (Wildman–Crippen MR) is 171 cm³/mol. The van der Waals surface area contributed by atoms with Gasteiger partial charge >= 0.3 is 12.4 Å². The van der Waals surface area contributed by atoms with Crippen molar-refractivity contribution >= 4 is 27.5 Å². The van der Waals surface area contributed by atoms with Crippen LogP contribution in [-0.4, -0.2) is 94.0 Å². The van der Waals surface area contributed by atoms with Crippen LogP contribution in [0.15, 0.2) is 30.5 Å².